The molecule has 0 saturated carbocycles. The molecule has 0 aliphatic carbocycles. The molecule has 12 heteroatoms. The average Bonchev–Trinajstić information content (AvgIpc) is 3.28. The van der Waals surface area contributed by atoms with Crippen LogP contribution in [0.2, 0.25) is 0 Å². The second kappa shape index (κ2) is 12.0. The lowest BCUT2D eigenvalue weighted by Gasteiger charge is -2.33. The standard InChI is InChI=1S/C28H34FN9O2/c1-5-40-27(39)16-37-8-6-36(7-9-37)15-21-13-31-26(14-30-21)35-25-12-23(32-17-33-25)20-10-22(29)28-24(11-20)38(18(2)3)19(4)34-28/h10-14,17-18H,5-9,15-16H2,1-4H3,(H,31,32,33,35). The number of hydrogen-bond acceptors (Lipinski definition) is 10. The maximum atomic E-state index is 15.0. The van der Waals surface area contributed by atoms with Gasteiger partial charge in [0.15, 0.2) is 5.82 Å². The highest BCUT2D eigenvalue weighted by Gasteiger charge is 2.20. The second-order valence-electron chi connectivity index (χ2n) is 10.1. The van der Waals surface area contributed by atoms with Gasteiger partial charge in [0.2, 0.25) is 0 Å². The maximum Gasteiger partial charge on any atom is 0.320 e. The first-order valence-corrected chi connectivity index (χ1v) is 13.5. The zero-order valence-corrected chi connectivity index (χ0v) is 23.3. The number of esters is 1. The molecule has 0 unspecified atom stereocenters. The zero-order valence-electron chi connectivity index (χ0n) is 23.3. The largest absolute Gasteiger partial charge is 0.465 e. The van der Waals surface area contributed by atoms with Crippen LogP contribution in [-0.4, -0.2) is 84.6 Å². The van der Waals surface area contributed by atoms with Gasteiger partial charge < -0.3 is 14.6 Å². The fraction of sp³-hybridized carbons (Fsp3) is 0.429. The monoisotopic (exact) mass is 547 g/mol. The Morgan fingerprint density at radius 3 is 2.50 bits per heavy atom. The molecular weight excluding hydrogens is 513 g/mol. The topological polar surface area (TPSA) is 114 Å². The third-order valence-corrected chi connectivity index (χ3v) is 6.87. The number of nitrogens with zero attached hydrogens (tertiary/aromatic N) is 8. The van der Waals surface area contributed by atoms with Crippen LogP contribution in [0.5, 0.6) is 0 Å². The number of nitrogens with one attached hydrogen (secondary N) is 1. The normalized spacial score (nSPS) is 14.7. The Morgan fingerprint density at radius 1 is 1.02 bits per heavy atom. The lowest BCUT2D eigenvalue weighted by atomic mass is 10.1. The lowest BCUT2D eigenvalue weighted by molar-refractivity contribution is -0.144. The van der Waals surface area contributed by atoms with Crippen molar-refractivity contribution in [2.24, 2.45) is 0 Å². The van der Waals surface area contributed by atoms with Gasteiger partial charge >= 0.3 is 5.97 Å². The van der Waals surface area contributed by atoms with Crippen LogP contribution < -0.4 is 5.32 Å². The van der Waals surface area contributed by atoms with E-state index in [4.69, 9.17) is 4.74 Å². The third kappa shape index (κ3) is 6.23. The smallest absolute Gasteiger partial charge is 0.320 e. The molecule has 4 heterocycles. The number of piperazine rings is 1. The van der Waals surface area contributed by atoms with Crippen molar-refractivity contribution in [2.45, 2.75) is 40.3 Å². The van der Waals surface area contributed by atoms with E-state index in [-0.39, 0.29) is 17.8 Å². The van der Waals surface area contributed by atoms with Crippen LogP contribution >= 0.6 is 0 Å². The molecule has 1 aliphatic heterocycles. The van der Waals surface area contributed by atoms with Gasteiger partial charge in [-0.15, -0.1) is 0 Å². The minimum Gasteiger partial charge on any atom is -0.465 e. The van der Waals surface area contributed by atoms with Crippen molar-refractivity contribution < 1.29 is 13.9 Å². The van der Waals surface area contributed by atoms with Crippen molar-refractivity contribution in [1.29, 1.82) is 0 Å². The number of fused-ring (bicyclic) bond motifs is 1. The molecule has 0 bridgehead atoms. The Kier molecular flexibility index (Phi) is 8.27. The molecule has 0 atom stereocenters. The molecule has 1 saturated heterocycles. The third-order valence-electron chi connectivity index (χ3n) is 6.87. The number of hydrogen-bond donors (Lipinski definition) is 1. The van der Waals surface area contributed by atoms with Crippen LogP contribution in [-0.2, 0) is 16.1 Å². The number of rotatable bonds is 9. The van der Waals surface area contributed by atoms with E-state index in [0.717, 1.165) is 43.2 Å². The van der Waals surface area contributed by atoms with Crippen LogP contribution in [0.4, 0.5) is 16.0 Å². The Labute approximate surface area is 232 Å². The fourth-order valence-electron chi connectivity index (χ4n) is 5.01. The van der Waals surface area contributed by atoms with Gasteiger partial charge in [-0.1, -0.05) is 0 Å². The van der Waals surface area contributed by atoms with Crippen LogP contribution in [0.25, 0.3) is 22.3 Å². The summed E-state index contributed by atoms with van der Waals surface area (Å²) in [5.41, 5.74) is 3.17. The highest BCUT2D eigenvalue weighted by Crippen LogP contribution is 2.29. The van der Waals surface area contributed by atoms with Crippen LogP contribution in [0, 0.1) is 12.7 Å². The highest BCUT2D eigenvalue weighted by atomic mass is 19.1. The number of halogens is 1. The molecule has 1 N–H and O–H groups in total. The molecule has 3 aromatic heterocycles. The van der Waals surface area contributed by atoms with E-state index in [1.807, 2.05) is 38.3 Å². The number of carbonyl (C=O) groups excluding carboxylic acids is 1. The zero-order chi connectivity index (χ0) is 28.2. The van der Waals surface area contributed by atoms with Gasteiger partial charge in [-0.2, -0.15) is 0 Å². The summed E-state index contributed by atoms with van der Waals surface area (Å²) in [6.45, 7) is 12.5. The van der Waals surface area contributed by atoms with E-state index in [1.54, 1.807) is 18.5 Å². The first-order valence-electron chi connectivity index (χ1n) is 13.5. The number of anilines is 2. The summed E-state index contributed by atoms with van der Waals surface area (Å²) in [5, 5.41) is 3.16. The van der Waals surface area contributed by atoms with Gasteiger partial charge in [-0.3, -0.25) is 19.6 Å². The van der Waals surface area contributed by atoms with Crippen LogP contribution in [0.15, 0.2) is 36.9 Å². The van der Waals surface area contributed by atoms with Crippen molar-refractivity contribution in [3.63, 3.8) is 0 Å². The summed E-state index contributed by atoms with van der Waals surface area (Å²) in [6, 6.07) is 5.27. The predicted molar refractivity (Wildman–Crippen MR) is 150 cm³/mol. The fourth-order valence-corrected chi connectivity index (χ4v) is 5.01. The van der Waals surface area contributed by atoms with Gasteiger partial charge in [0.25, 0.3) is 0 Å². The number of aromatic nitrogens is 6. The SMILES string of the molecule is CCOC(=O)CN1CCN(Cc2cnc(Nc3cc(-c4cc(F)c5nc(C)n(C(C)C)c5c4)ncn3)cn2)CC1. The predicted octanol–water partition coefficient (Wildman–Crippen LogP) is 3.74. The number of imidazole rings is 1. The molecule has 4 aromatic rings. The average molecular weight is 548 g/mol. The minimum absolute atomic E-state index is 0.143. The van der Waals surface area contributed by atoms with Crippen molar-refractivity contribution in [3.05, 3.63) is 54.3 Å². The molecule has 0 spiro atoms. The first-order chi connectivity index (χ1) is 19.3. The van der Waals surface area contributed by atoms with Gasteiger partial charge in [0.05, 0.1) is 42.4 Å². The Morgan fingerprint density at radius 2 is 1.80 bits per heavy atom. The van der Waals surface area contributed by atoms with Gasteiger partial charge in [0, 0.05) is 50.4 Å². The van der Waals surface area contributed by atoms with Crippen molar-refractivity contribution in [3.8, 4) is 11.3 Å². The van der Waals surface area contributed by atoms with Gasteiger partial charge in [-0.25, -0.2) is 24.3 Å². The Hall–Kier alpha value is -4.03. The quantitative estimate of drug-likeness (QED) is 0.311. The molecule has 0 radical (unpaired) electrons. The summed E-state index contributed by atoms with van der Waals surface area (Å²) in [5.74, 6) is 1.28. The minimum atomic E-state index is -0.384. The Bertz CT molecular complexity index is 1480. The molecule has 40 heavy (non-hydrogen) atoms. The number of carbonyl (C=O) groups is 1. The summed E-state index contributed by atoms with van der Waals surface area (Å²) in [6.07, 6.45) is 4.85. The van der Waals surface area contributed by atoms with Gasteiger partial charge in [0.1, 0.15) is 29.3 Å². The molecule has 5 rings (SSSR count). The molecular formula is C28H34FN9O2. The summed E-state index contributed by atoms with van der Waals surface area (Å²) in [4.78, 5) is 38.2. The summed E-state index contributed by atoms with van der Waals surface area (Å²) in [7, 11) is 0. The van der Waals surface area contributed by atoms with E-state index < -0.39 is 0 Å². The molecule has 1 fully saturated rings. The van der Waals surface area contributed by atoms with E-state index >= 15 is 0 Å². The first kappa shape index (κ1) is 27.5. The van der Waals surface area contributed by atoms with Crippen molar-refractivity contribution in [1.82, 2.24) is 39.3 Å². The second-order valence-corrected chi connectivity index (χ2v) is 10.1. The highest BCUT2D eigenvalue weighted by molar-refractivity contribution is 5.83. The maximum absolute atomic E-state index is 15.0. The summed E-state index contributed by atoms with van der Waals surface area (Å²) < 4.78 is 22.0. The lowest BCUT2D eigenvalue weighted by Crippen LogP contribution is -2.47. The van der Waals surface area contributed by atoms with Gasteiger partial charge in [-0.05, 0) is 39.8 Å². The molecule has 1 aliphatic rings. The molecule has 11 nitrogen and oxygen atoms in total. The Balaban J connectivity index is 1.22. The van der Waals surface area contributed by atoms with Crippen LogP contribution in [0.3, 0.4) is 0 Å². The number of aryl methyl sites for hydroxylation is 1. The molecule has 210 valence electrons. The number of benzene rings is 1. The van der Waals surface area contributed by atoms with Crippen molar-refractivity contribution in [2.75, 3.05) is 44.6 Å². The molecule has 0 amide bonds. The molecule has 1 aromatic carbocycles. The van der Waals surface area contributed by atoms with Crippen LogP contribution in [0.1, 0.15) is 38.3 Å². The summed E-state index contributed by atoms with van der Waals surface area (Å²) >= 11 is 0. The van der Waals surface area contributed by atoms with E-state index in [9.17, 15) is 9.18 Å². The van der Waals surface area contributed by atoms with E-state index in [0.29, 0.717) is 48.1 Å². The number of ether oxygens (including phenoxy) is 1. The van der Waals surface area contributed by atoms with Crippen molar-refractivity contribution >= 4 is 28.6 Å². The van der Waals surface area contributed by atoms with E-state index in [2.05, 4.69) is 40.0 Å². The van der Waals surface area contributed by atoms with E-state index in [1.165, 1.54) is 12.4 Å².